The lowest BCUT2D eigenvalue weighted by Crippen LogP contribution is -2.08. The number of rotatable bonds is 2. The van der Waals surface area contributed by atoms with Crippen LogP contribution < -0.4 is 10.5 Å². The third-order valence-electron chi connectivity index (χ3n) is 1.78. The highest BCUT2D eigenvalue weighted by Crippen LogP contribution is 2.18. The van der Waals surface area contributed by atoms with E-state index in [1.807, 2.05) is 0 Å². The summed E-state index contributed by atoms with van der Waals surface area (Å²) in [6.45, 7) is 0. The van der Waals surface area contributed by atoms with Crippen molar-refractivity contribution in [2.75, 3.05) is 10.5 Å². The minimum atomic E-state index is -2.45. The van der Waals surface area contributed by atoms with Gasteiger partial charge in [-0.3, -0.25) is 8.93 Å². The molecule has 3 N–H and O–H groups in total. The van der Waals surface area contributed by atoms with Crippen molar-refractivity contribution in [3.63, 3.8) is 0 Å². The van der Waals surface area contributed by atoms with Crippen LogP contribution in [0.2, 0.25) is 0 Å². The first-order chi connectivity index (χ1) is 7.16. The van der Waals surface area contributed by atoms with E-state index in [4.69, 9.17) is 5.73 Å². The van der Waals surface area contributed by atoms with Gasteiger partial charge in [-0.05, 0) is 12.1 Å². The van der Waals surface area contributed by atoms with Crippen LogP contribution in [0.5, 0.6) is 0 Å². The maximum absolute atomic E-state index is 10.4. The molecule has 1 unspecified atom stereocenters. The molecule has 0 fully saturated rings. The molecule has 0 saturated heterocycles. The van der Waals surface area contributed by atoms with Gasteiger partial charge < -0.3 is 10.3 Å². The minimum Gasteiger partial charge on any atom is -0.755 e. The average Bonchev–Trinajstić information content (AvgIpc) is 2.18. The van der Waals surface area contributed by atoms with Crippen LogP contribution in [0.1, 0.15) is 0 Å². The van der Waals surface area contributed by atoms with E-state index in [1.165, 1.54) is 0 Å². The number of nitrogens with zero attached hydrogens (tertiary/aromatic N) is 2. The summed E-state index contributed by atoms with van der Waals surface area (Å²) in [6, 6.07) is 7.05. The van der Waals surface area contributed by atoms with E-state index in [9.17, 15) is 8.76 Å². The van der Waals surface area contributed by atoms with Crippen molar-refractivity contribution in [1.29, 1.82) is 0 Å². The molecule has 2 rings (SSSR count). The molecule has 0 spiro atoms. The molecule has 0 bridgehead atoms. The lowest BCUT2D eigenvalue weighted by molar-refractivity contribution is 0.542. The van der Waals surface area contributed by atoms with E-state index in [0.29, 0.717) is 11.0 Å². The number of nitrogens with two attached hydrogens (primary N) is 1. The SMILES string of the molecule is Nc1nc2ccccc2nc1NS(=O)[O-]. The molecule has 1 aromatic carbocycles. The first-order valence-electron chi connectivity index (χ1n) is 4.05. The van der Waals surface area contributed by atoms with Crippen LogP contribution in [-0.2, 0) is 11.3 Å². The van der Waals surface area contributed by atoms with E-state index in [-0.39, 0.29) is 11.6 Å². The van der Waals surface area contributed by atoms with Crippen molar-refractivity contribution in [2.45, 2.75) is 0 Å². The first kappa shape index (κ1) is 9.81. The van der Waals surface area contributed by atoms with Crippen molar-refractivity contribution in [1.82, 2.24) is 9.97 Å². The number of benzene rings is 1. The van der Waals surface area contributed by atoms with Crippen LogP contribution in [0.4, 0.5) is 11.6 Å². The lowest BCUT2D eigenvalue weighted by Gasteiger charge is -2.09. The van der Waals surface area contributed by atoms with E-state index < -0.39 is 11.3 Å². The number of anilines is 2. The molecule has 6 nitrogen and oxygen atoms in total. The van der Waals surface area contributed by atoms with Gasteiger partial charge in [0.15, 0.2) is 11.6 Å². The Morgan fingerprint density at radius 1 is 1.27 bits per heavy atom. The highest BCUT2D eigenvalue weighted by Gasteiger charge is 2.04. The van der Waals surface area contributed by atoms with Crippen molar-refractivity contribution in [3.8, 4) is 0 Å². The average molecular weight is 223 g/mol. The standard InChI is InChI=1S/C8H8N4O2S/c9-7-8(12-15(13)14)11-6-4-2-1-3-5(6)10-7/h1-4H,(H2,9,10)(H,11,12)(H,13,14)/p-1. The van der Waals surface area contributed by atoms with Crippen molar-refractivity contribution in [2.24, 2.45) is 0 Å². The molecule has 1 atom stereocenters. The Balaban J connectivity index is 2.56. The van der Waals surface area contributed by atoms with Gasteiger partial charge in [-0.25, -0.2) is 9.97 Å². The van der Waals surface area contributed by atoms with Gasteiger partial charge in [0.05, 0.1) is 11.0 Å². The number of hydrogen-bond acceptors (Lipinski definition) is 5. The zero-order valence-corrected chi connectivity index (χ0v) is 8.32. The number of fused-ring (bicyclic) bond motifs is 1. The molecule has 0 amide bonds. The van der Waals surface area contributed by atoms with Crippen LogP contribution in [-0.4, -0.2) is 18.7 Å². The van der Waals surface area contributed by atoms with Crippen LogP contribution in [0.15, 0.2) is 24.3 Å². The Bertz CT molecular complexity index is 531. The summed E-state index contributed by atoms with van der Waals surface area (Å²) in [5.41, 5.74) is 6.73. The fourth-order valence-corrected chi connectivity index (χ4v) is 1.48. The Morgan fingerprint density at radius 3 is 2.47 bits per heavy atom. The topological polar surface area (TPSA) is 104 Å². The van der Waals surface area contributed by atoms with Gasteiger partial charge in [0.1, 0.15) is 0 Å². The second kappa shape index (κ2) is 3.79. The van der Waals surface area contributed by atoms with Crippen molar-refractivity contribution in [3.05, 3.63) is 24.3 Å². The monoisotopic (exact) mass is 223 g/mol. The summed E-state index contributed by atoms with van der Waals surface area (Å²) < 4.78 is 22.9. The number of nitrogen functional groups attached to an aromatic ring is 1. The predicted octanol–water partition coefficient (Wildman–Crippen LogP) is 0.418. The summed E-state index contributed by atoms with van der Waals surface area (Å²) in [5.74, 6) is 0.0972. The molecular weight excluding hydrogens is 216 g/mol. The molecule has 15 heavy (non-hydrogen) atoms. The van der Waals surface area contributed by atoms with Gasteiger partial charge in [-0.1, -0.05) is 12.1 Å². The smallest absolute Gasteiger partial charge is 0.180 e. The maximum atomic E-state index is 10.4. The van der Waals surface area contributed by atoms with Crippen LogP contribution in [0.25, 0.3) is 11.0 Å². The summed E-state index contributed by atoms with van der Waals surface area (Å²) in [6.07, 6.45) is 0. The number of aromatic nitrogens is 2. The summed E-state index contributed by atoms with van der Waals surface area (Å²) in [7, 11) is 0. The number of para-hydroxylation sites is 2. The minimum absolute atomic E-state index is 0.0435. The fourth-order valence-electron chi connectivity index (χ4n) is 1.17. The molecule has 7 heteroatoms. The van der Waals surface area contributed by atoms with Crippen LogP contribution >= 0.6 is 0 Å². The molecule has 1 aromatic heterocycles. The van der Waals surface area contributed by atoms with Gasteiger partial charge in [0.25, 0.3) is 0 Å². The zero-order chi connectivity index (χ0) is 10.8. The molecule has 0 saturated carbocycles. The highest BCUT2D eigenvalue weighted by molar-refractivity contribution is 7.80. The Hall–Kier alpha value is -1.73. The van der Waals surface area contributed by atoms with Gasteiger partial charge in [0.2, 0.25) is 0 Å². The molecular formula is C8H7N4O2S-. The van der Waals surface area contributed by atoms with Crippen LogP contribution in [0.3, 0.4) is 0 Å². The largest absolute Gasteiger partial charge is 0.755 e. The molecule has 0 aliphatic rings. The number of hydrogen-bond donors (Lipinski definition) is 2. The van der Waals surface area contributed by atoms with Gasteiger partial charge in [-0.2, -0.15) is 0 Å². The van der Waals surface area contributed by atoms with Crippen molar-refractivity contribution >= 4 is 33.9 Å². The Labute approximate surface area is 88.0 Å². The van der Waals surface area contributed by atoms with Gasteiger partial charge >= 0.3 is 0 Å². The molecule has 2 aromatic rings. The predicted molar refractivity (Wildman–Crippen MR) is 56.5 cm³/mol. The Morgan fingerprint density at radius 2 is 1.87 bits per heavy atom. The third kappa shape index (κ3) is 2.03. The normalized spacial score (nSPS) is 12.6. The quantitative estimate of drug-likeness (QED) is 0.718. The second-order valence-electron chi connectivity index (χ2n) is 2.78. The summed E-state index contributed by atoms with van der Waals surface area (Å²) >= 11 is -2.45. The molecule has 1 heterocycles. The highest BCUT2D eigenvalue weighted by atomic mass is 32.2. The van der Waals surface area contributed by atoms with E-state index in [2.05, 4.69) is 14.7 Å². The van der Waals surface area contributed by atoms with Gasteiger partial charge in [-0.15, -0.1) is 0 Å². The molecule has 0 radical (unpaired) electrons. The van der Waals surface area contributed by atoms with E-state index in [0.717, 1.165) is 0 Å². The van der Waals surface area contributed by atoms with Crippen LogP contribution in [0, 0.1) is 0 Å². The fraction of sp³-hybridized carbons (Fsp3) is 0. The van der Waals surface area contributed by atoms with E-state index >= 15 is 0 Å². The van der Waals surface area contributed by atoms with E-state index in [1.54, 1.807) is 24.3 Å². The lowest BCUT2D eigenvalue weighted by atomic mass is 10.3. The van der Waals surface area contributed by atoms with Crippen molar-refractivity contribution < 1.29 is 8.76 Å². The summed E-state index contributed by atoms with van der Waals surface area (Å²) in [4.78, 5) is 8.03. The number of nitrogens with one attached hydrogen (secondary N) is 1. The molecule has 78 valence electrons. The molecule has 0 aliphatic carbocycles. The first-order valence-corrected chi connectivity index (χ1v) is 5.12. The zero-order valence-electron chi connectivity index (χ0n) is 7.51. The summed E-state index contributed by atoms with van der Waals surface area (Å²) in [5, 5.41) is 0. The maximum Gasteiger partial charge on any atom is 0.180 e. The van der Waals surface area contributed by atoms with Gasteiger partial charge in [0, 0.05) is 11.3 Å². The molecule has 0 aliphatic heterocycles. The third-order valence-corrected chi connectivity index (χ3v) is 2.14. The Kier molecular flexibility index (Phi) is 2.48. The second-order valence-corrected chi connectivity index (χ2v) is 3.46.